The first kappa shape index (κ1) is 22.0. The third-order valence-corrected chi connectivity index (χ3v) is 5.33. The Morgan fingerprint density at radius 1 is 0.939 bits per heavy atom. The fourth-order valence-corrected chi connectivity index (χ4v) is 4.00. The molecule has 4 aromatic rings. The Morgan fingerprint density at radius 2 is 1.61 bits per heavy atom. The molecule has 4 rings (SSSR count). The van der Waals surface area contributed by atoms with Crippen molar-refractivity contribution >= 4 is 17.6 Å². The topological polar surface area (TPSA) is 73.2 Å². The van der Waals surface area contributed by atoms with Crippen LogP contribution in [0.5, 0.6) is 0 Å². The summed E-state index contributed by atoms with van der Waals surface area (Å²) in [6.07, 6.45) is 3.35. The number of methoxy groups -OCH3 is 1. The fraction of sp³-hybridized carbons (Fsp3) is 0.115. The van der Waals surface area contributed by atoms with Crippen LogP contribution in [-0.2, 0) is 16.6 Å². The molecule has 0 saturated carbocycles. The molecular formula is C26H22FN3O3. The molecule has 0 spiro atoms. The zero-order valence-corrected chi connectivity index (χ0v) is 18.4. The molecule has 0 radical (unpaired) electrons. The van der Waals surface area contributed by atoms with Crippen LogP contribution in [0.1, 0.15) is 17.4 Å². The highest BCUT2D eigenvalue weighted by Crippen LogP contribution is 2.44. The minimum Gasteiger partial charge on any atom is -0.464 e. The summed E-state index contributed by atoms with van der Waals surface area (Å²) in [6.45, 7) is 1.44. The Kier molecular flexibility index (Phi) is 6.04. The lowest BCUT2D eigenvalue weighted by molar-refractivity contribution is -0.114. The first-order valence-corrected chi connectivity index (χ1v) is 10.3. The van der Waals surface area contributed by atoms with Crippen molar-refractivity contribution in [2.75, 3.05) is 12.4 Å². The van der Waals surface area contributed by atoms with E-state index in [4.69, 9.17) is 4.74 Å². The van der Waals surface area contributed by atoms with Crippen molar-refractivity contribution < 1.29 is 18.7 Å². The summed E-state index contributed by atoms with van der Waals surface area (Å²) in [5.74, 6) is -1.07. The lowest BCUT2D eigenvalue weighted by atomic mass is 9.93. The summed E-state index contributed by atoms with van der Waals surface area (Å²) < 4.78 is 20.6. The van der Waals surface area contributed by atoms with Crippen molar-refractivity contribution in [2.24, 2.45) is 7.05 Å². The van der Waals surface area contributed by atoms with Crippen molar-refractivity contribution in [3.63, 3.8) is 0 Å². The number of halogens is 1. The zero-order chi connectivity index (χ0) is 23.5. The molecule has 0 bridgehead atoms. The van der Waals surface area contributed by atoms with Gasteiger partial charge in [-0.2, -0.15) is 0 Å². The van der Waals surface area contributed by atoms with Gasteiger partial charge in [-0.3, -0.25) is 9.78 Å². The van der Waals surface area contributed by atoms with Crippen molar-refractivity contribution in [1.82, 2.24) is 9.55 Å². The number of nitrogens with zero attached hydrogens (tertiary/aromatic N) is 2. The molecule has 0 saturated heterocycles. The van der Waals surface area contributed by atoms with Crippen LogP contribution < -0.4 is 5.32 Å². The largest absolute Gasteiger partial charge is 0.464 e. The number of anilines is 1. The Morgan fingerprint density at radius 3 is 2.24 bits per heavy atom. The molecule has 1 N–H and O–H groups in total. The van der Waals surface area contributed by atoms with Gasteiger partial charge in [0.1, 0.15) is 11.5 Å². The third kappa shape index (κ3) is 4.25. The molecule has 166 valence electrons. The second-order valence-electron chi connectivity index (χ2n) is 7.50. The van der Waals surface area contributed by atoms with Crippen molar-refractivity contribution in [3.05, 3.63) is 84.6 Å². The number of hydrogen-bond donors (Lipinski definition) is 1. The van der Waals surface area contributed by atoms with Gasteiger partial charge in [-0.05, 0) is 47.5 Å². The van der Waals surface area contributed by atoms with E-state index in [0.717, 1.165) is 22.4 Å². The maximum atomic E-state index is 13.7. The van der Waals surface area contributed by atoms with Crippen molar-refractivity contribution in [1.29, 1.82) is 0 Å². The van der Waals surface area contributed by atoms with E-state index in [2.05, 4.69) is 10.3 Å². The van der Waals surface area contributed by atoms with Crippen LogP contribution in [0.4, 0.5) is 10.1 Å². The molecule has 1 amide bonds. The van der Waals surface area contributed by atoms with Gasteiger partial charge in [0.2, 0.25) is 5.91 Å². The monoisotopic (exact) mass is 443 g/mol. The van der Waals surface area contributed by atoms with Gasteiger partial charge >= 0.3 is 5.97 Å². The standard InChI is InChI=1S/C26H22FN3O3/c1-16(31)29-21-6-4-5-19(15-21)24-22(18-11-13-28-14-12-18)23(17-7-9-20(27)10-8-17)25(30(24)2)26(32)33-3/h4-15H,1-3H3,(H,29,31). The number of hydrogen-bond acceptors (Lipinski definition) is 4. The van der Waals surface area contributed by atoms with E-state index >= 15 is 0 Å². The molecule has 2 aromatic heterocycles. The molecule has 6 nitrogen and oxygen atoms in total. The average molecular weight is 443 g/mol. The van der Waals surface area contributed by atoms with E-state index in [1.165, 1.54) is 26.2 Å². The molecule has 0 aliphatic rings. The number of rotatable bonds is 5. The van der Waals surface area contributed by atoms with Gasteiger partial charge in [0.25, 0.3) is 0 Å². The van der Waals surface area contributed by atoms with Crippen LogP contribution in [0.25, 0.3) is 33.5 Å². The first-order chi connectivity index (χ1) is 15.9. The number of benzene rings is 2. The number of ether oxygens (including phenoxy) is 1. The molecule has 0 fully saturated rings. The predicted molar refractivity (Wildman–Crippen MR) is 125 cm³/mol. The van der Waals surface area contributed by atoms with Crippen LogP contribution in [0, 0.1) is 5.82 Å². The SMILES string of the molecule is COC(=O)c1c(-c2ccc(F)cc2)c(-c2ccncc2)c(-c2cccc(NC(C)=O)c2)n1C. The molecule has 2 heterocycles. The van der Waals surface area contributed by atoms with Crippen LogP contribution >= 0.6 is 0 Å². The fourth-order valence-electron chi connectivity index (χ4n) is 4.00. The van der Waals surface area contributed by atoms with Crippen LogP contribution in [0.3, 0.4) is 0 Å². The van der Waals surface area contributed by atoms with Crippen LogP contribution in [0.15, 0.2) is 73.1 Å². The van der Waals surface area contributed by atoms with Gasteiger partial charge in [-0.25, -0.2) is 9.18 Å². The first-order valence-electron chi connectivity index (χ1n) is 10.3. The van der Waals surface area contributed by atoms with E-state index < -0.39 is 5.97 Å². The molecule has 0 aliphatic carbocycles. The summed E-state index contributed by atoms with van der Waals surface area (Å²) in [7, 11) is 3.11. The summed E-state index contributed by atoms with van der Waals surface area (Å²) in [6, 6.07) is 17.1. The van der Waals surface area contributed by atoms with E-state index in [-0.39, 0.29) is 11.7 Å². The number of esters is 1. The molecule has 0 atom stereocenters. The van der Waals surface area contributed by atoms with Gasteiger partial charge in [-0.1, -0.05) is 24.3 Å². The van der Waals surface area contributed by atoms with Crippen LogP contribution in [0.2, 0.25) is 0 Å². The molecule has 7 heteroatoms. The van der Waals surface area contributed by atoms with E-state index in [1.807, 2.05) is 30.3 Å². The van der Waals surface area contributed by atoms with Crippen molar-refractivity contribution in [3.8, 4) is 33.5 Å². The second-order valence-corrected chi connectivity index (χ2v) is 7.50. The Hall–Kier alpha value is -4.26. The quantitative estimate of drug-likeness (QED) is 0.425. The zero-order valence-electron chi connectivity index (χ0n) is 18.4. The highest BCUT2D eigenvalue weighted by atomic mass is 19.1. The number of carbonyl (C=O) groups excluding carboxylic acids is 2. The highest BCUT2D eigenvalue weighted by molar-refractivity contribution is 6.06. The Balaban J connectivity index is 2.10. The lowest BCUT2D eigenvalue weighted by Crippen LogP contribution is -2.10. The predicted octanol–water partition coefficient (Wildman–Crippen LogP) is 5.31. The van der Waals surface area contributed by atoms with Gasteiger partial charge in [0.05, 0.1) is 12.8 Å². The van der Waals surface area contributed by atoms with Crippen molar-refractivity contribution in [2.45, 2.75) is 6.92 Å². The summed E-state index contributed by atoms with van der Waals surface area (Å²) >= 11 is 0. The smallest absolute Gasteiger partial charge is 0.355 e. The van der Waals surface area contributed by atoms with E-state index in [9.17, 15) is 14.0 Å². The molecule has 0 unspecified atom stereocenters. The number of aromatic nitrogens is 2. The maximum Gasteiger partial charge on any atom is 0.355 e. The molecule has 0 aliphatic heterocycles. The minimum atomic E-state index is -0.517. The summed E-state index contributed by atoms with van der Waals surface area (Å²) in [4.78, 5) is 28.7. The normalized spacial score (nSPS) is 10.7. The van der Waals surface area contributed by atoms with E-state index in [0.29, 0.717) is 22.5 Å². The Labute approximate surface area is 190 Å². The number of amides is 1. The summed E-state index contributed by atoms with van der Waals surface area (Å²) in [5.41, 5.74) is 5.38. The molecule has 33 heavy (non-hydrogen) atoms. The maximum absolute atomic E-state index is 13.7. The van der Waals surface area contributed by atoms with E-state index in [1.54, 1.807) is 42.2 Å². The van der Waals surface area contributed by atoms with Gasteiger partial charge in [-0.15, -0.1) is 0 Å². The highest BCUT2D eigenvalue weighted by Gasteiger charge is 2.29. The molecular weight excluding hydrogens is 421 g/mol. The van der Waals surface area contributed by atoms with Gasteiger partial charge in [0.15, 0.2) is 0 Å². The summed E-state index contributed by atoms with van der Waals surface area (Å²) in [5, 5.41) is 2.80. The molecule has 2 aromatic carbocycles. The average Bonchev–Trinajstić information content (AvgIpc) is 3.12. The lowest BCUT2D eigenvalue weighted by Gasteiger charge is -2.12. The number of carbonyl (C=O) groups is 2. The van der Waals surface area contributed by atoms with Gasteiger partial charge < -0.3 is 14.6 Å². The third-order valence-electron chi connectivity index (χ3n) is 5.33. The second kappa shape index (κ2) is 9.08. The van der Waals surface area contributed by atoms with Crippen LogP contribution in [-0.4, -0.2) is 28.5 Å². The van der Waals surface area contributed by atoms with Gasteiger partial charge in [0, 0.05) is 48.7 Å². The number of nitrogens with one attached hydrogen (secondary N) is 1. The minimum absolute atomic E-state index is 0.185. The Bertz CT molecular complexity index is 1330. The number of pyridine rings is 1.